The average molecular weight is 265 g/mol. The molecule has 0 saturated heterocycles. The number of aromatic nitrogens is 1. The van der Waals surface area contributed by atoms with Gasteiger partial charge in [-0.1, -0.05) is 6.92 Å². The van der Waals surface area contributed by atoms with Crippen molar-refractivity contribution in [2.24, 2.45) is 0 Å². The van der Waals surface area contributed by atoms with E-state index in [1.807, 2.05) is 6.92 Å². The van der Waals surface area contributed by atoms with Crippen LogP contribution in [0, 0.1) is 0 Å². The number of ether oxygens (including phenoxy) is 1. The van der Waals surface area contributed by atoms with Gasteiger partial charge in [-0.2, -0.15) is 0 Å². The molecule has 0 radical (unpaired) electrons. The minimum Gasteiger partial charge on any atom is -0.385 e. The number of pyridine rings is 1. The molecule has 0 aliphatic rings. The van der Waals surface area contributed by atoms with E-state index in [-0.39, 0.29) is 11.9 Å². The smallest absolute Gasteiger partial charge is 0.255 e. The van der Waals surface area contributed by atoms with Crippen molar-refractivity contribution in [3.63, 3.8) is 0 Å². The van der Waals surface area contributed by atoms with Crippen LogP contribution in [-0.2, 0) is 4.74 Å². The van der Waals surface area contributed by atoms with Crippen molar-refractivity contribution in [2.45, 2.75) is 32.7 Å². The molecule has 0 aliphatic carbocycles. The lowest BCUT2D eigenvalue weighted by Gasteiger charge is -2.15. The Bertz CT molecular complexity index is 396. The van der Waals surface area contributed by atoms with Gasteiger partial charge < -0.3 is 15.4 Å². The molecule has 1 heterocycles. The van der Waals surface area contributed by atoms with Gasteiger partial charge in [0.05, 0.1) is 5.56 Å². The highest BCUT2D eigenvalue weighted by atomic mass is 16.5. The molecule has 1 aromatic heterocycles. The Balaban J connectivity index is 2.65. The molecule has 1 unspecified atom stereocenters. The van der Waals surface area contributed by atoms with Crippen LogP contribution in [0.15, 0.2) is 18.3 Å². The van der Waals surface area contributed by atoms with Crippen LogP contribution in [0.2, 0.25) is 0 Å². The van der Waals surface area contributed by atoms with E-state index in [1.54, 1.807) is 25.4 Å². The number of nitrogens with zero attached hydrogens (tertiary/aromatic N) is 1. The normalized spacial score (nSPS) is 11.9. The van der Waals surface area contributed by atoms with Crippen molar-refractivity contribution in [3.05, 3.63) is 23.9 Å². The molecule has 5 heteroatoms. The highest BCUT2D eigenvalue weighted by molar-refractivity contribution is 5.98. The molecule has 0 spiro atoms. The van der Waals surface area contributed by atoms with E-state index in [9.17, 15) is 4.79 Å². The fourth-order valence-corrected chi connectivity index (χ4v) is 1.64. The molecule has 2 N–H and O–H groups in total. The van der Waals surface area contributed by atoms with Crippen LogP contribution >= 0.6 is 0 Å². The minimum atomic E-state index is -0.102. The third kappa shape index (κ3) is 5.26. The molecule has 5 nitrogen and oxygen atoms in total. The van der Waals surface area contributed by atoms with Crippen molar-refractivity contribution >= 4 is 11.7 Å². The maximum atomic E-state index is 12.2. The van der Waals surface area contributed by atoms with Gasteiger partial charge in [-0.15, -0.1) is 0 Å². The number of carbonyl (C=O) groups is 1. The highest BCUT2D eigenvalue weighted by Crippen LogP contribution is 2.11. The summed E-state index contributed by atoms with van der Waals surface area (Å²) in [5.74, 6) is 0.538. The monoisotopic (exact) mass is 265 g/mol. The number of hydrogen-bond acceptors (Lipinski definition) is 4. The van der Waals surface area contributed by atoms with Crippen LogP contribution in [0.5, 0.6) is 0 Å². The topological polar surface area (TPSA) is 63.2 Å². The molecular formula is C14H23N3O2. The zero-order valence-electron chi connectivity index (χ0n) is 11.9. The van der Waals surface area contributed by atoms with Crippen molar-refractivity contribution < 1.29 is 9.53 Å². The van der Waals surface area contributed by atoms with Gasteiger partial charge in [0.25, 0.3) is 5.91 Å². The predicted molar refractivity (Wildman–Crippen MR) is 76.4 cm³/mol. The van der Waals surface area contributed by atoms with Crippen LogP contribution in [0.3, 0.4) is 0 Å². The first-order valence-corrected chi connectivity index (χ1v) is 6.67. The molecule has 0 aromatic carbocycles. The fourth-order valence-electron chi connectivity index (χ4n) is 1.64. The Labute approximate surface area is 114 Å². The number of amides is 1. The summed E-state index contributed by atoms with van der Waals surface area (Å²) in [5.41, 5.74) is 0.584. The van der Waals surface area contributed by atoms with E-state index in [0.29, 0.717) is 18.0 Å². The summed E-state index contributed by atoms with van der Waals surface area (Å²) in [6.07, 6.45) is 3.46. The molecule has 0 bridgehead atoms. The zero-order chi connectivity index (χ0) is 14.1. The van der Waals surface area contributed by atoms with Gasteiger partial charge in [-0.3, -0.25) is 4.79 Å². The second kappa shape index (κ2) is 8.48. The van der Waals surface area contributed by atoms with E-state index >= 15 is 0 Å². The second-order valence-electron chi connectivity index (χ2n) is 4.48. The van der Waals surface area contributed by atoms with Crippen LogP contribution in [0.25, 0.3) is 0 Å². The number of rotatable bonds is 8. The van der Waals surface area contributed by atoms with Crippen molar-refractivity contribution in [2.75, 3.05) is 25.6 Å². The standard InChI is InChI=1S/C14H23N3O2/c1-4-8-15-13-12(6-5-9-16-13)14(18)17-11(2)7-10-19-3/h5-6,9,11H,4,7-8,10H2,1-3H3,(H,15,16)(H,17,18). The van der Waals surface area contributed by atoms with Crippen molar-refractivity contribution in [3.8, 4) is 0 Å². The lowest BCUT2D eigenvalue weighted by molar-refractivity contribution is 0.0930. The highest BCUT2D eigenvalue weighted by Gasteiger charge is 2.14. The molecule has 106 valence electrons. The summed E-state index contributed by atoms with van der Waals surface area (Å²) in [5, 5.41) is 6.11. The quantitative estimate of drug-likeness (QED) is 0.755. The maximum absolute atomic E-state index is 12.2. The maximum Gasteiger partial charge on any atom is 0.255 e. The van der Waals surface area contributed by atoms with Crippen LogP contribution in [0.4, 0.5) is 5.82 Å². The largest absolute Gasteiger partial charge is 0.385 e. The molecule has 19 heavy (non-hydrogen) atoms. The predicted octanol–water partition coefficient (Wildman–Crippen LogP) is 2.06. The van der Waals surface area contributed by atoms with Gasteiger partial charge in [0.1, 0.15) is 5.82 Å². The number of methoxy groups -OCH3 is 1. The lowest BCUT2D eigenvalue weighted by Crippen LogP contribution is -2.34. The Morgan fingerprint density at radius 3 is 3.00 bits per heavy atom. The van der Waals surface area contributed by atoms with Crippen LogP contribution in [0.1, 0.15) is 37.0 Å². The summed E-state index contributed by atoms with van der Waals surface area (Å²) < 4.78 is 5.00. The van der Waals surface area contributed by atoms with E-state index in [1.165, 1.54) is 0 Å². The number of carbonyl (C=O) groups excluding carboxylic acids is 1. The summed E-state index contributed by atoms with van der Waals surface area (Å²) in [6, 6.07) is 3.63. The van der Waals surface area contributed by atoms with E-state index in [2.05, 4.69) is 22.5 Å². The fraction of sp³-hybridized carbons (Fsp3) is 0.571. The van der Waals surface area contributed by atoms with Gasteiger partial charge >= 0.3 is 0 Å². The molecule has 0 fully saturated rings. The summed E-state index contributed by atoms with van der Waals surface area (Å²) in [4.78, 5) is 16.4. The summed E-state index contributed by atoms with van der Waals surface area (Å²) in [7, 11) is 1.66. The van der Waals surface area contributed by atoms with Gasteiger partial charge in [0.15, 0.2) is 0 Å². The molecule has 1 aromatic rings. The lowest BCUT2D eigenvalue weighted by atomic mass is 10.2. The van der Waals surface area contributed by atoms with Crippen LogP contribution in [-0.4, -0.2) is 37.2 Å². The Morgan fingerprint density at radius 2 is 2.32 bits per heavy atom. The van der Waals surface area contributed by atoms with E-state index in [4.69, 9.17) is 4.74 Å². The Morgan fingerprint density at radius 1 is 1.53 bits per heavy atom. The van der Waals surface area contributed by atoms with Crippen molar-refractivity contribution in [1.29, 1.82) is 0 Å². The molecule has 1 rings (SSSR count). The molecule has 0 saturated carbocycles. The van der Waals surface area contributed by atoms with E-state index in [0.717, 1.165) is 19.4 Å². The zero-order valence-corrected chi connectivity index (χ0v) is 11.9. The van der Waals surface area contributed by atoms with Crippen LogP contribution < -0.4 is 10.6 Å². The first-order valence-electron chi connectivity index (χ1n) is 6.67. The minimum absolute atomic E-state index is 0.0756. The average Bonchev–Trinajstić information content (AvgIpc) is 2.43. The molecule has 1 amide bonds. The van der Waals surface area contributed by atoms with Gasteiger partial charge in [-0.05, 0) is 31.9 Å². The van der Waals surface area contributed by atoms with Crippen molar-refractivity contribution in [1.82, 2.24) is 10.3 Å². The number of hydrogen-bond donors (Lipinski definition) is 2. The first kappa shape index (κ1) is 15.4. The third-order valence-electron chi connectivity index (χ3n) is 2.73. The van der Waals surface area contributed by atoms with E-state index < -0.39 is 0 Å². The SMILES string of the molecule is CCCNc1ncccc1C(=O)NC(C)CCOC. The van der Waals surface area contributed by atoms with Gasteiger partial charge in [-0.25, -0.2) is 4.98 Å². The second-order valence-corrected chi connectivity index (χ2v) is 4.48. The number of anilines is 1. The number of nitrogens with one attached hydrogen (secondary N) is 2. The molecule has 1 atom stereocenters. The molecular weight excluding hydrogens is 242 g/mol. The Kier molecular flexibility index (Phi) is 6.89. The Hall–Kier alpha value is -1.62. The van der Waals surface area contributed by atoms with Gasteiger partial charge in [0.2, 0.25) is 0 Å². The van der Waals surface area contributed by atoms with Gasteiger partial charge in [0, 0.05) is 32.5 Å². The molecule has 0 aliphatic heterocycles. The third-order valence-corrected chi connectivity index (χ3v) is 2.73. The summed E-state index contributed by atoms with van der Waals surface area (Å²) in [6.45, 7) is 5.47. The summed E-state index contributed by atoms with van der Waals surface area (Å²) >= 11 is 0. The first-order chi connectivity index (χ1) is 9.19.